The summed E-state index contributed by atoms with van der Waals surface area (Å²) in [6.07, 6.45) is -1.67. The molecule has 0 aliphatic heterocycles. The van der Waals surface area contributed by atoms with Crippen molar-refractivity contribution in [1.29, 1.82) is 0 Å². The van der Waals surface area contributed by atoms with Crippen molar-refractivity contribution in [1.82, 2.24) is 5.32 Å². The topological polar surface area (TPSA) is 38.3 Å². The van der Waals surface area contributed by atoms with Crippen LogP contribution in [0.3, 0.4) is 0 Å². The number of amides is 1. The molecule has 0 saturated carbocycles. The van der Waals surface area contributed by atoms with Crippen molar-refractivity contribution in [2.75, 3.05) is 11.0 Å². The van der Waals surface area contributed by atoms with Crippen LogP contribution in [0.1, 0.15) is 29.6 Å². The van der Waals surface area contributed by atoms with Gasteiger partial charge in [0.05, 0.1) is 0 Å². The van der Waals surface area contributed by atoms with E-state index in [1.165, 1.54) is 12.1 Å². The van der Waals surface area contributed by atoms with Crippen molar-refractivity contribution >= 4 is 28.5 Å². The molecule has 1 rings (SSSR count). The van der Waals surface area contributed by atoms with Crippen LogP contribution in [0.15, 0.2) is 24.3 Å². The van der Waals surface area contributed by atoms with Gasteiger partial charge in [0.2, 0.25) is 0 Å². The van der Waals surface area contributed by atoms with Gasteiger partial charge < -0.3 is 10.1 Å². The number of unbranched alkanes of at least 4 members (excludes halogenated alkanes) is 2. The second-order valence-corrected chi connectivity index (χ2v) is 5.16. The number of benzene rings is 1. The summed E-state index contributed by atoms with van der Waals surface area (Å²) in [5, 5.41) is 2.72. The van der Waals surface area contributed by atoms with Gasteiger partial charge in [0, 0.05) is 12.1 Å². The van der Waals surface area contributed by atoms with Gasteiger partial charge in [-0.3, -0.25) is 4.79 Å². The van der Waals surface area contributed by atoms with Crippen LogP contribution in [0.2, 0.25) is 0 Å². The lowest BCUT2D eigenvalue weighted by Gasteiger charge is -2.09. The Labute approximate surface area is 129 Å². The van der Waals surface area contributed by atoms with Gasteiger partial charge in [-0.1, -0.05) is 29.0 Å². The number of halogens is 4. The zero-order valence-corrected chi connectivity index (χ0v) is 12.8. The molecule has 0 heterocycles. The number of hydrogen-bond donors (Lipinski definition) is 1. The molecule has 1 amide bonds. The molecule has 1 N–H and O–H groups in total. The van der Waals surface area contributed by atoms with E-state index in [-0.39, 0.29) is 11.7 Å². The molecule has 1 aromatic rings. The third-order valence-corrected chi connectivity index (χ3v) is 3.21. The van der Waals surface area contributed by atoms with Gasteiger partial charge in [0.1, 0.15) is 5.75 Å². The fourth-order valence-corrected chi connectivity index (χ4v) is 2.05. The van der Waals surface area contributed by atoms with Gasteiger partial charge in [-0.15, -0.1) is 13.2 Å². The van der Waals surface area contributed by atoms with E-state index in [0.29, 0.717) is 12.1 Å². The second-order valence-electron chi connectivity index (χ2n) is 4.08. The summed E-state index contributed by atoms with van der Waals surface area (Å²) in [5.74, 6) is -0.630. The zero-order valence-electron chi connectivity index (χ0n) is 10.7. The van der Waals surface area contributed by atoms with E-state index in [2.05, 4.69) is 32.6 Å². The summed E-state index contributed by atoms with van der Waals surface area (Å²) in [5.41, 5.74) is 0.313. The number of carbonyl (C=O) groups is 1. The first-order valence-electron chi connectivity index (χ1n) is 6.12. The molecule has 0 spiro atoms. The summed E-state index contributed by atoms with van der Waals surface area (Å²) in [4.78, 5) is 11.7. The molecule has 3 nitrogen and oxygen atoms in total. The quantitative estimate of drug-likeness (QED) is 0.428. The molecule has 0 aromatic heterocycles. The molecule has 0 unspecified atom stereocenters. The first-order chi connectivity index (χ1) is 9.42. The molecule has 0 fully saturated rings. The van der Waals surface area contributed by atoms with Crippen molar-refractivity contribution in [3.05, 3.63) is 29.8 Å². The standard InChI is InChI=1S/C13H15F3INO2/c14-13(15,16)20-11-6-4-10(5-7-11)12(19)18-9-3-1-2-8-17/h4-7H,1-3,8-9H2,(H,18,19). The molecule has 0 bridgehead atoms. The largest absolute Gasteiger partial charge is 0.573 e. The van der Waals surface area contributed by atoms with E-state index in [0.717, 1.165) is 35.8 Å². The molecule has 20 heavy (non-hydrogen) atoms. The molecule has 7 heteroatoms. The fourth-order valence-electron chi connectivity index (χ4n) is 1.51. The summed E-state index contributed by atoms with van der Waals surface area (Å²) >= 11 is 2.29. The highest BCUT2D eigenvalue weighted by molar-refractivity contribution is 14.1. The third-order valence-electron chi connectivity index (χ3n) is 2.45. The highest BCUT2D eigenvalue weighted by Crippen LogP contribution is 2.22. The minimum atomic E-state index is -4.72. The van der Waals surface area contributed by atoms with Crippen molar-refractivity contribution in [3.63, 3.8) is 0 Å². The van der Waals surface area contributed by atoms with E-state index in [1.54, 1.807) is 0 Å². The van der Waals surface area contributed by atoms with Gasteiger partial charge >= 0.3 is 6.36 Å². The smallest absolute Gasteiger partial charge is 0.406 e. The minimum Gasteiger partial charge on any atom is -0.406 e. The predicted molar refractivity (Wildman–Crippen MR) is 78.2 cm³/mol. The molecule has 112 valence electrons. The first-order valence-corrected chi connectivity index (χ1v) is 7.65. The number of hydrogen-bond acceptors (Lipinski definition) is 2. The summed E-state index contributed by atoms with van der Waals surface area (Å²) in [6.45, 7) is 0.566. The Kier molecular flexibility index (Phi) is 7.11. The Balaban J connectivity index is 2.41. The van der Waals surface area contributed by atoms with Crippen LogP contribution < -0.4 is 10.1 Å². The molecule has 0 aliphatic carbocycles. The maximum absolute atomic E-state index is 12.0. The Bertz CT molecular complexity index is 421. The highest BCUT2D eigenvalue weighted by atomic mass is 127. The first kappa shape index (κ1) is 17.1. The third kappa shape index (κ3) is 6.97. The van der Waals surface area contributed by atoms with E-state index in [4.69, 9.17) is 0 Å². The zero-order chi connectivity index (χ0) is 15.0. The number of alkyl halides is 4. The molecule has 0 atom stereocenters. The monoisotopic (exact) mass is 401 g/mol. The van der Waals surface area contributed by atoms with Crippen molar-refractivity contribution < 1.29 is 22.7 Å². The Morgan fingerprint density at radius 1 is 1.15 bits per heavy atom. The molecule has 0 radical (unpaired) electrons. The van der Waals surface area contributed by atoms with E-state index in [9.17, 15) is 18.0 Å². The van der Waals surface area contributed by atoms with E-state index < -0.39 is 6.36 Å². The highest BCUT2D eigenvalue weighted by Gasteiger charge is 2.31. The molecule has 1 aromatic carbocycles. The predicted octanol–water partition coefficient (Wildman–Crippen LogP) is 3.92. The van der Waals surface area contributed by atoms with Gasteiger partial charge in [-0.05, 0) is 41.5 Å². The Morgan fingerprint density at radius 2 is 1.80 bits per heavy atom. The lowest BCUT2D eigenvalue weighted by atomic mass is 10.2. The molecular weight excluding hydrogens is 386 g/mol. The second kappa shape index (κ2) is 8.33. The van der Waals surface area contributed by atoms with Gasteiger partial charge in [0.25, 0.3) is 5.91 Å². The average Bonchev–Trinajstić information content (AvgIpc) is 2.37. The van der Waals surface area contributed by atoms with Crippen LogP contribution in [0, 0.1) is 0 Å². The number of nitrogens with one attached hydrogen (secondary N) is 1. The van der Waals surface area contributed by atoms with Crippen molar-refractivity contribution in [2.24, 2.45) is 0 Å². The summed E-state index contributed by atoms with van der Waals surface area (Å²) < 4.78 is 40.7. The van der Waals surface area contributed by atoms with Gasteiger partial charge in [-0.2, -0.15) is 0 Å². The van der Waals surface area contributed by atoms with Crippen LogP contribution >= 0.6 is 22.6 Å². The van der Waals surface area contributed by atoms with Crippen molar-refractivity contribution in [2.45, 2.75) is 25.6 Å². The van der Waals surface area contributed by atoms with Gasteiger partial charge in [-0.25, -0.2) is 0 Å². The van der Waals surface area contributed by atoms with Crippen molar-refractivity contribution in [3.8, 4) is 5.75 Å². The lowest BCUT2D eigenvalue weighted by Crippen LogP contribution is -2.24. The van der Waals surface area contributed by atoms with E-state index in [1.807, 2.05) is 0 Å². The SMILES string of the molecule is O=C(NCCCCCI)c1ccc(OC(F)(F)F)cc1. The lowest BCUT2D eigenvalue weighted by molar-refractivity contribution is -0.274. The van der Waals surface area contributed by atoms with Crippen LogP contribution in [0.25, 0.3) is 0 Å². The Morgan fingerprint density at radius 3 is 2.35 bits per heavy atom. The number of carbonyl (C=O) groups excluding carboxylic acids is 1. The molecule has 0 saturated heterocycles. The van der Waals surface area contributed by atoms with Crippen LogP contribution in [-0.4, -0.2) is 23.2 Å². The summed E-state index contributed by atoms with van der Waals surface area (Å²) in [6, 6.07) is 4.86. The average molecular weight is 401 g/mol. The fraction of sp³-hybridized carbons (Fsp3) is 0.462. The Hall–Kier alpha value is -0.990. The maximum atomic E-state index is 12.0. The number of ether oxygens (including phenoxy) is 1. The normalized spacial score (nSPS) is 11.2. The van der Waals surface area contributed by atoms with Crippen LogP contribution in [0.5, 0.6) is 5.75 Å². The summed E-state index contributed by atoms with van der Waals surface area (Å²) in [7, 11) is 0. The number of rotatable bonds is 7. The van der Waals surface area contributed by atoms with Crippen LogP contribution in [-0.2, 0) is 0 Å². The molecular formula is C13H15F3INO2. The maximum Gasteiger partial charge on any atom is 0.573 e. The molecule has 0 aliphatic rings. The van der Waals surface area contributed by atoms with Crippen LogP contribution in [0.4, 0.5) is 13.2 Å². The minimum absolute atomic E-state index is 0.293. The van der Waals surface area contributed by atoms with E-state index >= 15 is 0 Å². The van der Waals surface area contributed by atoms with Gasteiger partial charge in [0.15, 0.2) is 0 Å².